The SMILES string of the molecule is CC(C)(C)OC(=O)Nc1noc(C(C)(C)C)c1F. The van der Waals surface area contributed by atoms with Gasteiger partial charge in [0, 0.05) is 5.41 Å². The molecule has 0 fully saturated rings. The van der Waals surface area contributed by atoms with Crippen LogP contribution in [0.25, 0.3) is 0 Å². The van der Waals surface area contributed by atoms with E-state index in [0.29, 0.717) is 0 Å². The Morgan fingerprint density at radius 2 is 1.83 bits per heavy atom. The van der Waals surface area contributed by atoms with Gasteiger partial charge in [-0.1, -0.05) is 25.9 Å². The molecule has 0 aromatic carbocycles. The lowest BCUT2D eigenvalue weighted by Crippen LogP contribution is -2.27. The van der Waals surface area contributed by atoms with Crippen molar-refractivity contribution in [3.63, 3.8) is 0 Å². The van der Waals surface area contributed by atoms with Gasteiger partial charge in [-0.25, -0.2) is 4.79 Å². The second kappa shape index (κ2) is 4.59. The summed E-state index contributed by atoms with van der Waals surface area (Å²) in [6.45, 7) is 10.5. The standard InChI is InChI=1S/C12H19FN2O3/c1-11(2,3)8-7(13)9(15-18-8)14-10(16)17-12(4,5)6/h1-6H3,(H,14,15,16). The molecule has 5 nitrogen and oxygen atoms in total. The van der Waals surface area contributed by atoms with Gasteiger partial charge in [0.05, 0.1) is 0 Å². The van der Waals surface area contributed by atoms with Crippen molar-refractivity contribution in [3.8, 4) is 0 Å². The Morgan fingerprint density at radius 3 is 2.22 bits per heavy atom. The van der Waals surface area contributed by atoms with Gasteiger partial charge in [-0.15, -0.1) is 0 Å². The van der Waals surface area contributed by atoms with E-state index in [0.717, 1.165) is 0 Å². The molecule has 0 spiro atoms. The fraction of sp³-hybridized carbons (Fsp3) is 0.667. The molecule has 0 unspecified atom stereocenters. The average Bonchev–Trinajstić information content (AvgIpc) is 2.43. The zero-order valence-electron chi connectivity index (χ0n) is 11.5. The van der Waals surface area contributed by atoms with Gasteiger partial charge >= 0.3 is 6.09 Å². The lowest BCUT2D eigenvalue weighted by molar-refractivity contribution is 0.0634. The minimum Gasteiger partial charge on any atom is -0.444 e. The molecule has 1 rings (SSSR count). The van der Waals surface area contributed by atoms with Crippen molar-refractivity contribution in [2.45, 2.75) is 52.6 Å². The number of nitrogens with one attached hydrogen (secondary N) is 1. The number of amides is 1. The van der Waals surface area contributed by atoms with Crippen LogP contribution in [0, 0.1) is 5.82 Å². The van der Waals surface area contributed by atoms with E-state index in [4.69, 9.17) is 9.26 Å². The van der Waals surface area contributed by atoms with Gasteiger partial charge in [0.2, 0.25) is 11.6 Å². The third-order valence-electron chi connectivity index (χ3n) is 1.94. The summed E-state index contributed by atoms with van der Waals surface area (Å²) in [5.41, 5.74) is -1.18. The fourth-order valence-corrected chi connectivity index (χ4v) is 1.22. The van der Waals surface area contributed by atoms with Crippen molar-refractivity contribution in [2.75, 3.05) is 5.32 Å². The second-order valence-corrected chi connectivity index (χ2v) is 6.05. The van der Waals surface area contributed by atoms with E-state index in [2.05, 4.69) is 10.5 Å². The van der Waals surface area contributed by atoms with Crippen LogP contribution in [0.15, 0.2) is 4.52 Å². The zero-order chi connectivity index (χ0) is 14.1. The van der Waals surface area contributed by atoms with Gasteiger partial charge < -0.3 is 9.26 Å². The third-order valence-corrected chi connectivity index (χ3v) is 1.94. The summed E-state index contributed by atoms with van der Waals surface area (Å²) in [6.07, 6.45) is -0.768. The van der Waals surface area contributed by atoms with E-state index in [9.17, 15) is 9.18 Å². The normalized spacial score (nSPS) is 12.4. The van der Waals surface area contributed by atoms with Crippen LogP contribution >= 0.6 is 0 Å². The van der Waals surface area contributed by atoms with Gasteiger partial charge in [0.1, 0.15) is 5.60 Å². The van der Waals surface area contributed by atoms with E-state index < -0.39 is 22.9 Å². The Hall–Kier alpha value is -1.59. The van der Waals surface area contributed by atoms with Crippen molar-refractivity contribution in [3.05, 3.63) is 11.6 Å². The molecule has 6 heteroatoms. The first-order chi connectivity index (χ1) is 8.00. The molecule has 0 aliphatic rings. The highest BCUT2D eigenvalue weighted by Gasteiger charge is 2.28. The molecule has 0 saturated carbocycles. The molecule has 1 aromatic heterocycles. The summed E-state index contributed by atoms with van der Waals surface area (Å²) in [5, 5.41) is 5.71. The van der Waals surface area contributed by atoms with Crippen molar-refractivity contribution in [1.82, 2.24) is 5.16 Å². The maximum Gasteiger partial charge on any atom is 0.413 e. The highest BCUT2D eigenvalue weighted by molar-refractivity contribution is 5.83. The molecule has 0 radical (unpaired) electrons. The predicted octanol–water partition coefficient (Wildman–Crippen LogP) is 3.46. The first-order valence-electron chi connectivity index (χ1n) is 5.66. The van der Waals surface area contributed by atoms with Crippen molar-refractivity contribution >= 4 is 11.9 Å². The quantitative estimate of drug-likeness (QED) is 0.837. The Balaban J connectivity index is 2.82. The number of rotatable bonds is 1. The van der Waals surface area contributed by atoms with Crippen LogP contribution in [0.2, 0.25) is 0 Å². The highest BCUT2D eigenvalue weighted by atomic mass is 19.1. The van der Waals surface area contributed by atoms with Gasteiger partial charge in [-0.05, 0) is 20.8 Å². The molecule has 1 aromatic rings. The van der Waals surface area contributed by atoms with E-state index >= 15 is 0 Å². The highest BCUT2D eigenvalue weighted by Crippen LogP contribution is 2.28. The minimum absolute atomic E-state index is 0.0913. The Morgan fingerprint density at radius 1 is 1.28 bits per heavy atom. The predicted molar refractivity (Wildman–Crippen MR) is 65.0 cm³/mol. The summed E-state index contributed by atoms with van der Waals surface area (Å²) in [6, 6.07) is 0. The van der Waals surface area contributed by atoms with Crippen LogP contribution in [0.4, 0.5) is 15.0 Å². The van der Waals surface area contributed by atoms with Gasteiger partial charge in [-0.2, -0.15) is 4.39 Å². The van der Waals surface area contributed by atoms with E-state index in [1.165, 1.54) is 0 Å². The number of anilines is 1. The van der Waals surface area contributed by atoms with Crippen molar-refractivity contribution < 1.29 is 18.4 Å². The van der Waals surface area contributed by atoms with E-state index in [-0.39, 0.29) is 11.6 Å². The molecule has 0 aliphatic heterocycles. The van der Waals surface area contributed by atoms with Crippen LogP contribution in [0.1, 0.15) is 47.3 Å². The lowest BCUT2D eigenvalue weighted by atomic mass is 9.93. The number of hydrogen-bond acceptors (Lipinski definition) is 4. The molecule has 0 aliphatic carbocycles. The molecule has 0 saturated heterocycles. The van der Waals surface area contributed by atoms with Crippen LogP contribution in [-0.2, 0) is 10.2 Å². The fourth-order valence-electron chi connectivity index (χ4n) is 1.22. The van der Waals surface area contributed by atoms with Gasteiger partial charge in [0.25, 0.3) is 0 Å². The lowest BCUT2D eigenvalue weighted by Gasteiger charge is -2.19. The summed E-state index contributed by atoms with van der Waals surface area (Å²) >= 11 is 0. The number of aromatic nitrogens is 1. The number of carbonyl (C=O) groups excluding carboxylic acids is 1. The number of ether oxygens (including phenoxy) is 1. The number of carbonyl (C=O) groups is 1. The van der Waals surface area contributed by atoms with Crippen LogP contribution in [0.5, 0.6) is 0 Å². The summed E-state index contributed by atoms with van der Waals surface area (Å²) in [4.78, 5) is 11.5. The zero-order valence-corrected chi connectivity index (χ0v) is 11.5. The molecule has 1 amide bonds. The first-order valence-corrected chi connectivity index (χ1v) is 5.66. The second-order valence-electron chi connectivity index (χ2n) is 6.05. The average molecular weight is 258 g/mol. The van der Waals surface area contributed by atoms with E-state index in [1.807, 2.05) is 0 Å². The topological polar surface area (TPSA) is 64.4 Å². The molecular formula is C12H19FN2O3. The summed E-state index contributed by atoms with van der Waals surface area (Å²) in [5.74, 6) is -0.837. The molecule has 18 heavy (non-hydrogen) atoms. The van der Waals surface area contributed by atoms with Crippen LogP contribution < -0.4 is 5.32 Å². The molecule has 1 heterocycles. The molecule has 1 N–H and O–H groups in total. The van der Waals surface area contributed by atoms with Gasteiger partial charge in [0.15, 0.2) is 5.76 Å². The maximum absolute atomic E-state index is 13.9. The molecule has 0 atom stereocenters. The maximum atomic E-state index is 13.9. The number of nitrogens with zero attached hydrogens (tertiary/aromatic N) is 1. The first kappa shape index (κ1) is 14.5. The van der Waals surface area contributed by atoms with Crippen LogP contribution in [-0.4, -0.2) is 16.9 Å². The van der Waals surface area contributed by atoms with Gasteiger partial charge in [-0.3, -0.25) is 5.32 Å². The Bertz CT molecular complexity index is 441. The minimum atomic E-state index is -0.768. The third kappa shape index (κ3) is 3.72. The molecule has 102 valence electrons. The molecule has 0 bridgehead atoms. The van der Waals surface area contributed by atoms with Crippen LogP contribution in [0.3, 0.4) is 0 Å². The summed E-state index contributed by atoms with van der Waals surface area (Å²) < 4.78 is 23.8. The largest absolute Gasteiger partial charge is 0.444 e. The van der Waals surface area contributed by atoms with Crippen molar-refractivity contribution in [2.24, 2.45) is 0 Å². The van der Waals surface area contributed by atoms with E-state index in [1.54, 1.807) is 41.5 Å². The van der Waals surface area contributed by atoms with Crippen molar-refractivity contribution in [1.29, 1.82) is 0 Å². The Labute approximate surface area is 106 Å². The monoisotopic (exact) mass is 258 g/mol. The number of halogens is 1. The number of hydrogen-bond donors (Lipinski definition) is 1. The smallest absolute Gasteiger partial charge is 0.413 e. The summed E-state index contributed by atoms with van der Waals surface area (Å²) in [7, 11) is 0. The Kier molecular flexibility index (Phi) is 3.69. The molecular weight excluding hydrogens is 239 g/mol.